The van der Waals surface area contributed by atoms with Crippen LogP contribution in [0.5, 0.6) is 0 Å². The minimum Gasteiger partial charge on any atom is -0.478 e. The molecule has 0 spiro atoms. The van der Waals surface area contributed by atoms with Gasteiger partial charge < -0.3 is 15.7 Å². The number of thioether (sulfide) groups is 1. The molecule has 2 amide bonds. The quantitative estimate of drug-likeness (QED) is 0.749. The first-order valence-electron chi connectivity index (χ1n) is 5.94. The number of para-hydroxylation sites is 1. The monoisotopic (exact) mass is 282 g/mol. The summed E-state index contributed by atoms with van der Waals surface area (Å²) in [6.07, 6.45) is 2.89. The maximum absolute atomic E-state index is 11.6. The van der Waals surface area contributed by atoms with Gasteiger partial charge >= 0.3 is 12.0 Å². The number of rotatable bonds is 6. The predicted molar refractivity (Wildman–Crippen MR) is 78.0 cm³/mol. The first-order valence-corrected chi connectivity index (χ1v) is 7.23. The normalized spacial score (nSPS) is 11.7. The molecule has 0 saturated heterocycles. The first-order chi connectivity index (χ1) is 9.04. The summed E-state index contributed by atoms with van der Waals surface area (Å²) in [5, 5.41) is 14.7. The SMILES string of the molecule is CSC(C)CCNC(=O)Nc1ccccc1C(=O)O. The number of carboxylic acids is 1. The van der Waals surface area contributed by atoms with E-state index in [1.165, 1.54) is 6.07 Å². The van der Waals surface area contributed by atoms with Gasteiger partial charge in [-0.25, -0.2) is 9.59 Å². The third-order valence-corrected chi connectivity index (χ3v) is 3.68. The molecule has 6 heteroatoms. The van der Waals surface area contributed by atoms with Gasteiger partial charge in [0.1, 0.15) is 0 Å². The van der Waals surface area contributed by atoms with Crippen molar-refractivity contribution < 1.29 is 14.7 Å². The van der Waals surface area contributed by atoms with Crippen LogP contribution in [0.3, 0.4) is 0 Å². The molecule has 3 N–H and O–H groups in total. The molecule has 0 aliphatic carbocycles. The van der Waals surface area contributed by atoms with Crippen molar-refractivity contribution >= 4 is 29.4 Å². The molecule has 1 aromatic rings. The molecule has 0 fully saturated rings. The average molecular weight is 282 g/mol. The molecular weight excluding hydrogens is 264 g/mol. The van der Waals surface area contributed by atoms with Crippen molar-refractivity contribution in [2.45, 2.75) is 18.6 Å². The molecule has 1 aromatic carbocycles. The molecule has 0 heterocycles. The molecule has 0 aromatic heterocycles. The Labute approximate surface area is 116 Å². The lowest BCUT2D eigenvalue weighted by atomic mass is 10.2. The predicted octanol–water partition coefficient (Wildman–Crippen LogP) is 2.65. The molecule has 0 radical (unpaired) electrons. The number of hydrogen-bond donors (Lipinski definition) is 3. The van der Waals surface area contributed by atoms with Crippen LogP contribution >= 0.6 is 11.8 Å². The van der Waals surface area contributed by atoms with E-state index in [-0.39, 0.29) is 11.6 Å². The Bertz CT molecular complexity index is 451. The van der Waals surface area contributed by atoms with Crippen molar-refractivity contribution in [3.05, 3.63) is 29.8 Å². The van der Waals surface area contributed by atoms with E-state index in [0.29, 0.717) is 17.5 Å². The van der Waals surface area contributed by atoms with E-state index in [1.807, 2.05) is 6.26 Å². The number of anilines is 1. The summed E-state index contributed by atoms with van der Waals surface area (Å²) < 4.78 is 0. The summed E-state index contributed by atoms with van der Waals surface area (Å²) in [6.45, 7) is 2.65. The number of carboxylic acid groups (broad SMARTS) is 1. The van der Waals surface area contributed by atoms with Crippen LogP contribution < -0.4 is 10.6 Å². The van der Waals surface area contributed by atoms with Gasteiger partial charge in [0.2, 0.25) is 0 Å². The van der Waals surface area contributed by atoms with Crippen LogP contribution in [0.1, 0.15) is 23.7 Å². The first kappa shape index (κ1) is 15.4. The lowest BCUT2D eigenvalue weighted by Gasteiger charge is -2.11. The van der Waals surface area contributed by atoms with Crippen LogP contribution in [-0.2, 0) is 0 Å². The Morgan fingerprint density at radius 2 is 2.05 bits per heavy atom. The summed E-state index contributed by atoms with van der Waals surface area (Å²) >= 11 is 1.74. The fourth-order valence-electron chi connectivity index (χ4n) is 1.45. The number of urea groups is 1. The number of nitrogens with one attached hydrogen (secondary N) is 2. The van der Waals surface area contributed by atoms with Crippen molar-refractivity contribution in [2.24, 2.45) is 0 Å². The van der Waals surface area contributed by atoms with E-state index in [1.54, 1.807) is 30.0 Å². The van der Waals surface area contributed by atoms with E-state index in [0.717, 1.165) is 6.42 Å². The summed E-state index contributed by atoms with van der Waals surface area (Å²) in [7, 11) is 0. The number of benzene rings is 1. The van der Waals surface area contributed by atoms with Crippen LogP contribution in [0, 0.1) is 0 Å². The van der Waals surface area contributed by atoms with Crippen molar-refractivity contribution in [1.29, 1.82) is 0 Å². The molecule has 1 rings (SSSR count). The van der Waals surface area contributed by atoms with E-state index >= 15 is 0 Å². The number of hydrogen-bond acceptors (Lipinski definition) is 3. The molecule has 0 saturated carbocycles. The van der Waals surface area contributed by atoms with Gasteiger partial charge in [-0.1, -0.05) is 19.1 Å². The molecule has 104 valence electrons. The summed E-state index contributed by atoms with van der Waals surface area (Å²) in [6, 6.07) is 5.92. The minimum absolute atomic E-state index is 0.0788. The van der Waals surface area contributed by atoms with Gasteiger partial charge in [-0.15, -0.1) is 0 Å². The second-order valence-electron chi connectivity index (χ2n) is 4.07. The Kier molecular flexibility index (Phi) is 6.21. The molecule has 0 bridgehead atoms. The standard InChI is InChI=1S/C13H18N2O3S/c1-9(19-2)7-8-14-13(18)15-11-6-4-3-5-10(11)12(16)17/h3-6,9H,7-8H2,1-2H3,(H,16,17)(H2,14,15,18). The van der Waals surface area contributed by atoms with E-state index in [2.05, 4.69) is 17.6 Å². The van der Waals surface area contributed by atoms with Crippen molar-refractivity contribution in [3.8, 4) is 0 Å². The zero-order valence-corrected chi connectivity index (χ0v) is 11.8. The molecular formula is C13H18N2O3S. The Hall–Kier alpha value is -1.69. The molecule has 1 unspecified atom stereocenters. The molecule has 0 aliphatic rings. The third kappa shape index (κ3) is 5.21. The lowest BCUT2D eigenvalue weighted by Crippen LogP contribution is -2.31. The van der Waals surface area contributed by atoms with Crippen LogP contribution in [-0.4, -0.2) is 35.2 Å². The van der Waals surface area contributed by atoms with Gasteiger partial charge in [-0.05, 0) is 24.8 Å². The fourth-order valence-corrected chi connectivity index (χ4v) is 1.81. The van der Waals surface area contributed by atoms with Gasteiger partial charge in [0.05, 0.1) is 11.3 Å². The highest BCUT2D eigenvalue weighted by molar-refractivity contribution is 7.99. The number of aromatic carboxylic acids is 1. The molecule has 19 heavy (non-hydrogen) atoms. The van der Waals surface area contributed by atoms with Gasteiger partial charge in [0, 0.05) is 11.8 Å². The lowest BCUT2D eigenvalue weighted by molar-refractivity contribution is 0.0698. The summed E-state index contributed by atoms with van der Waals surface area (Å²) in [5.74, 6) is -1.06. The molecule has 5 nitrogen and oxygen atoms in total. The molecule has 1 atom stereocenters. The summed E-state index contributed by atoms with van der Waals surface area (Å²) in [5.41, 5.74) is 0.376. The topological polar surface area (TPSA) is 78.4 Å². The van der Waals surface area contributed by atoms with Crippen LogP contribution in [0.4, 0.5) is 10.5 Å². The number of carbonyl (C=O) groups is 2. The number of carbonyl (C=O) groups excluding carboxylic acids is 1. The van der Waals surface area contributed by atoms with E-state index in [9.17, 15) is 9.59 Å². The van der Waals surface area contributed by atoms with Crippen molar-refractivity contribution in [3.63, 3.8) is 0 Å². The highest BCUT2D eigenvalue weighted by atomic mass is 32.2. The maximum atomic E-state index is 11.6. The summed E-state index contributed by atoms with van der Waals surface area (Å²) in [4.78, 5) is 22.6. The number of amides is 2. The Balaban J connectivity index is 2.51. The van der Waals surface area contributed by atoms with E-state index < -0.39 is 5.97 Å². The second-order valence-corrected chi connectivity index (χ2v) is 5.34. The minimum atomic E-state index is -1.06. The zero-order chi connectivity index (χ0) is 14.3. The van der Waals surface area contributed by atoms with Crippen molar-refractivity contribution in [1.82, 2.24) is 5.32 Å². The highest BCUT2D eigenvalue weighted by Gasteiger charge is 2.11. The van der Waals surface area contributed by atoms with Crippen LogP contribution in [0.15, 0.2) is 24.3 Å². The Morgan fingerprint density at radius 3 is 2.68 bits per heavy atom. The van der Waals surface area contributed by atoms with E-state index in [4.69, 9.17) is 5.11 Å². The Morgan fingerprint density at radius 1 is 1.37 bits per heavy atom. The van der Waals surface area contributed by atoms with Crippen LogP contribution in [0.25, 0.3) is 0 Å². The highest BCUT2D eigenvalue weighted by Crippen LogP contribution is 2.14. The average Bonchev–Trinajstić information content (AvgIpc) is 2.38. The third-order valence-electron chi connectivity index (χ3n) is 2.64. The van der Waals surface area contributed by atoms with Gasteiger partial charge in [0.25, 0.3) is 0 Å². The van der Waals surface area contributed by atoms with Gasteiger partial charge in [-0.2, -0.15) is 11.8 Å². The van der Waals surface area contributed by atoms with Crippen LogP contribution in [0.2, 0.25) is 0 Å². The van der Waals surface area contributed by atoms with Gasteiger partial charge in [0.15, 0.2) is 0 Å². The zero-order valence-electron chi connectivity index (χ0n) is 11.0. The smallest absolute Gasteiger partial charge is 0.337 e. The largest absolute Gasteiger partial charge is 0.478 e. The van der Waals surface area contributed by atoms with Gasteiger partial charge in [-0.3, -0.25) is 0 Å². The maximum Gasteiger partial charge on any atom is 0.337 e. The molecule has 0 aliphatic heterocycles. The van der Waals surface area contributed by atoms with Crippen molar-refractivity contribution in [2.75, 3.05) is 18.1 Å². The second kappa shape index (κ2) is 7.68. The fraction of sp³-hybridized carbons (Fsp3) is 0.385.